The fraction of sp³-hybridized carbons (Fsp3) is 0.333. The van der Waals surface area contributed by atoms with Gasteiger partial charge in [0, 0.05) is 6.20 Å². The van der Waals surface area contributed by atoms with Crippen molar-refractivity contribution in [3.8, 4) is 5.75 Å². The number of amides is 1. The van der Waals surface area contributed by atoms with Gasteiger partial charge < -0.3 is 15.2 Å². The molecule has 2 aromatic rings. The highest BCUT2D eigenvalue weighted by Gasteiger charge is 2.24. The van der Waals surface area contributed by atoms with E-state index in [4.69, 9.17) is 15.2 Å². The number of benzene rings is 1. The number of nitrogens with one attached hydrogen (secondary N) is 1. The normalized spacial score (nSPS) is 11.7. The van der Waals surface area contributed by atoms with Crippen molar-refractivity contribution in [3.05, 3.63) is 53.7 Å². The quantitative estimate of drug-likeness (QED) is 0.774. The molecular weight excluding hydrogens is 370 g/mol. The average molecular weight is 393 g/mol. The molecule has 0 fully saturated rings. The van der Waals surface area contributed by atoms with Gasteiger partial charge in [0.1, 0.15) is 29.5 Å². The number of nitrogens with two attached hydrogens (primary N) is 1. The summed E-state index contributed by atoms with van der Waals surface area (Å²) in [6, 6.07) is 10.9. The summed E-state index contributed by atoms with van der Waals surface area (Å²) >= 11 is 0. The molecule has 3 N–H and O–H groups in total. The summed E-state index contributed by atoms with van der Waals surface area (Å²) in [5.41, 5.74) is 6.09. The lowest BCUT2D eigenvalue weighted by Crippen LogP contribution is -2.37. The molecule has 0 bridgehead atoms. The first-order valence-corrected chi connectivity index (χ1v) is 9.84. The zero-order chi connectivity index (χ0) is 20.1. The van der Waals surface area contributed by atoms with E-state index in [9.17, 15) is 13.2 Å². The van der Waals surface area contributed by atoms with Gasteiger partial charge in [0.25, 0.3) is 0 Å². The van der Waals surface area contributed by atoms with Gasteiger partial charge in [0.15, 0.2) is 0 Å². The third kappa shape index (κ3) is 6.78. The maximum Gasteiger partial charge on any atom is 0.421 e. The van der Waals surface area contributed by atoms with Crippen LogP contribution in [0.4, 0.5) is 10.6 Å². The molecule has 0 aliphatic rings. The van der Waals surface area contributed by atoms with E-state index in [1.54, 1.807) is 20.8 Å². The number of nitrogen functional groups attached to an aromatic ring is 1. The van der Waals surface area contributed by atoms with E-state index < -0.39 is 27.5 Å². The number of nitrogens with zero attached hydrogens (tertiary/aromatic N) is 1. The van der Waals surface area contributed by atoms with Gasteiger partial charge in [-0.3, -0.25) is 0 Å². The Bertz CT molecular complexity index is 893. The fourth-order valence-corrected chi connectivity index (χ4v) is 3.20. The molecule has 0 radical (unpaired) electrons. The van der Waals surface area contributed by atoms with Crippen LogP contribution in [0.15, 0.2) is 42.6 Å². The maximum absolute atomic E-state index is 12.3. The summed E-state index contributed by atoms with van der Waals surface area (Å²) < 4.78 is 37.2. The molecule has 1 amide bonds. The van der Waals surface area contributed by atoms with Crippen LogP contribution in [-0.2, 0) is 27.1 Å². The van der Waals surface area contributed by atoms with Gasteiger partial charge in [-0.25, -0.2) is 22.9 Å². The van der Waals surface area contributed by atoms with Crippen molar-refractivity contribution in [2.24, 2.45) is 0 Å². The number of pyridine rings is 1. The van der Waals surface area contributed by atoms with Gasteiger partial charge in [0.2, 0.25) is 10.0 Å². The first-order chi connectivity index (χ1) is 12.6. The lowest BCUT2D eigenvalue weighted by molar-refractivity contribution is 0.0570. The second kappa shape index (κ2) is 8.26. The molecule has 1 aromatic heterocycles. The van der Waals surface area contributed by atoms with E-state index in [0.717, 1.165) is 5.56 Å². The number of hydrogen-bond donors (Lipinski definition) is 2. The van der Waals surface area contributed by atoms with Crippen molar-refractivity contribution in [1.82, 2.24) is 9.71 Å². The number of sulfonamides is 1. The van der Waals surface area contributed by atoms with E-state index in [1.165, 1.54) is 12.3 Å². The number of hydrogen-bond acceptors (Lipinski definition) is 7. The van der Waals surface area contributed by atoms with E-state index >= 15 is 0 Å². The number of ether oxygens (including phenoxy) is 2. The lowest BCUT2D eigenvalue weighted by atomic mass is 10.2. The summed E-state index contributed by atoms with van der Waals surface area (Å²) in [5, 5.41) is 0. The van der Waals surface area contributed by atoms with Crippen LogP contribution in [0.1, 0.15) is 31.9 Å². The fourth-order valence-electron chi connectivity index (χ4n) is 2.16. The molecule has 1 aromatic carbocycles. The minimum absolute atomic E-state index is 0.00938. The SMILES string of the molecule is CC(C)(C)OC(=O)NS(=O)(=O)Cc1c(OCc2ccccc2)ccnc1N. The lowest BCUT2D eigenvalue weighted by Gasteiger charge is -2.20. The summed E-state index contributed by atoms with van der Waals surface area (Å²) in [4.78, 5) is 15.7. The van der Waals surface area contributed by atoms with Gasteiger partial charge in [0.05, 0.1) is 5.56 Å². The second-order valence-electron chi connectivity index (χ2n) is 6.81. The minimum Gasteiger partial charge on any atom is -0.488 e. The summed E-state index contributed by atoms with van der Waals surface area (Å²) in [5.74, 6) is -0.285. The zero-order valence-electron chi connectivity index (χ0n) is 15.4. The molecule has 0 spiro atoms. The molecule has 1 heterocycles. The molecule has 8 nitrogen and oxygen atoms in total. The molecule has 0 atom stereocenters. The van der Waals surface area contributed by atoms with Crippen LogP contribution in [0.2, 0.25) is 0 Å². The predicted octanol–water partition coefficient (Wildman–Crippen LogP) is 2.60. The summed E-state index contributed by atoms with van der Waals surface area (Å²) in [6.45, 7) is 5.13. The van der Waals surface area contributed by atoms with Crippen LogP contribution in [0, 0.1) is 0 Å². The van der Waals surface area contributed by atoms with Crippen LogP contribution in [-0.4, -0.2) is 25.1 Å². The number of anilines is 1. The Kier molecular flexibility index (Phi) is 6.27. The number of rotatable bonds is 6. The first kappa shape index (κ1) is 20.5. The van der Waals surface area contributed by atoms with Crippen molar-refractivity contribution in [3.63, 3.8) is 0 Å². The van der Waals surface area contributed by atoms with Crippen molar-refractivity contribution in [2.45, 2.75) is 38.7 Å². The monoisotopic (exact) mass is 393 g/mol. The molecular formula is C18H23N3O5S. The minimum atomic E-state index is -4.06. The van der Waals surface area contributed by atoms with Crippen molar-refractivity contribution < 1.29 is 22.7 Å². The van der Waals surface area contributed by atoms with Gasteiger partial charge in [-0.15, -0.1) is 0 Å². The number of aromatic nitrogens is 1. The molecule has 146 valence electrons. The second-order valence-corrected chi connectivity index (χ2v) is 8.53. The molecule has 0 aliphatic carbocycles. The van der Waals surface area contributed by atoms with Crippen molar-refractivity contribution >= 4 is 21.9 Å². The van der Waals surface area contributed by atoms with Gasteiger partial charge >= 0.3 is 6.09 Å². The van der Waals surface area contributed by atoms with Crippen LogP contribution in [0.3, 0.4) is 0 Å². The van der Waals surface area contributed by atoms with E-state index in [0.29, 0.717) is 0 Å². The third-order valence-electron chi connectivity index (χ3n) is 3.26. The van der Waals surface area contributed by atoms with Crippen LogP contribution >= 0.6 is 0 Å². The largest absolute Gasteiger partial charge is 0.488 e. The molecule has 2 rings (SSSR count). The molecule has 27 heavy (non-hydrogen) atoms. The highest BCUT2D eigenvalue weighted by atomic mass is 32.2. The van der Waals surface area contributed by atoms with Gasteiger partial charge in [-0.05, 0) is 32.4 Å². The number of carbonyl (C=O) groups is 1. The Hall–Kier alpha value is -2.81. The van der Waals surface area contributed by atoms with Crippen molar-refractivity contribution in [1.29, 1.82) is 0 Å². The van der Waals surface area contributed by atoms with E-state index in [-0.39, 0.29) is 23.7 Å². The first-order valence-electron chi connectivity index (χ1n) is 8.19. The summed E-state index contributed by atoms with van der Waals surface area (Å²) in [7, 11) is -4.06. The smallest absolute Gasteiger partial charge is 0.421 e. The molecule has 0 unspecified atom stereocenters. The maximum atomic E-state index is 12.3. The molecule has 0 aliphatic heterocycles. The third-order valence-corrected chi connectivity index (χ3v) is 4.40. The Morgan fingerprint density at radius 1 is 1.19 bits per heavy atom. The van der Waals surface area contributed by atoms with Crippen molar-refractivity contribution in [2.75, 3.05) is 5.73 Å². The van der Waals surface area contributed by atoms with Crippen LogP contribution in [0.25, 0.3) is 0 Å². The van der Waals surface area contributed by atoms with Crippen LogP contribution < -0.4 is 15.2 Å². The molecule has 0 saturated carbocycles. The predicted molar refractivity (Wildman–Crippen MR) is 101 cm³/mol. The van der Waals surface area contributed by atoms with Gasteiger partial charge in [-0.1, -0.05) is 30.3 Å². The van der Waals surface area contributed by atoms with Gasteiger partial charge in [-0.2, -0.15) is 0 Å². The average Bonchev–Trinajstić information content (AvgIpc) is 2.54. The Balaban J connectivity index is 2.14. The number of carbonyl (C=O) groups excluding carboxylic acids is 1. The molecule has 0 saturated heterocycles. The Morgan fingerprint density at radius 3 is 2.48 bits per heavy atom. The van der Waals surface area contributed by atoms with E-state index in [2.05, 4.69) is 4.98 Å². The highest BCUT2D eigenvalue weighted by Crippen LogP contribution is 2.25. The molecule has 9 heteroatoms. The topological polar surface area (TPSA) is 121 Å². The highest BCUT2D eigenvalue weighted by molar-refractivity contribution is 7.89. The zero-order valence-corrected chi connectivity index (χ0v) is 16.2. The Morgan fingerprint density at radius 2 is 1.85 bits per heavy atom. The Labute approximate surface area is 158 Å². The standard InChI is InChI=1S/C18H23N3O5S/c1-18(2,3)26-17(22)21-27(23,24)12-14-15(9-10-20-16(14)19)25-11-13-7-5-4-6-8-13/h4-10H,11-12H2,1-3H3,(H2,19,20)(H,21,22). The summed E-state index contributed by atoms with van der Waals surface area (Å²) in [6.07, 6.45) is 0.365. The van der Waals surface area contributed by atoms with Crippen LogP contribution in [0.5, 0.6) is 5.75 Å². The van der Waals surface area contributed by atoms with E-state index in [1.807, 2.05) is 35.1 Å².